The number of hydrogen-bond acceptors (Lipinski definition) is 5. The number of hydrogen-bond donors (Lipinski definition) is 0. The lowest BCUT2D eigenvalue weighted by Crippen LogP contribution is -2.52. The number of halogens is 1. The molecule has 0 N–H and O–H groups in total. The van der Waals surface area contributed by atoms with Crippen molar-refractivity contribution in [2.45, 2.75) is 38.1 Å². The molecule has 1 saturated heterocycles. The van der Waals surface area contributed by atoms with Gasteiger partial charge in [-0.05, 0) is 44.4 Å². The monoisotopic (exact) mass is 494 g/mol. The van der Waals surface area contributed by atoms with Gasteiger partial charge in [0.1, 0.15) is 0 Å². The summed E-state index contributed by atoms with van der Waals surface area (Å²) in [6.45, 7) is 7.18. The summed E-state index contributed by atoms with van der Waals surface area (Å²) in [5.74, 6) is 1.50. The van der Waals surface area contributed by atoms with Gasteiger partial charge in [0.15, 0.2) is 0 Å². The SMILES string of the molecule is Cc1ccc(-c2noc(C(C)N3CCN(C(=O)C4(c5cccc(Br)c5)CC4)CC3)n2)cc1. The number of piperazine rings is 1. The maximum Gasteiger partial charge on any atom is 0.244 e. The maximum absolute atomic E-state index is 13.4. The van der Waals surface area contributed by atoms with E-state index in [0.717, 1.165) is 54.6 Å². The predicted octanol–water partition coefficient (Wildman–Crippen LogP) is 4.74. The first kappa shape index (κ1) is 21.3. The average Bonchev–Trinajstić information content (AvgIpc) is 3.48. The van der Waals surface area contributed by atoms with Crippen molar-refractivity contribution in [3.8, 4) is 11.4 Å². The lowest BCUT2D eigenvalue weighted by Gasteiger charge is -2.38. The van der Waals surface area contributed by atoms with Gasteiger partial charge in [-0.15, -0.1) is 0 Å². The minimum atomic E-state index is -0.326. The van der Waals surface area contributed by atoms with Gasteiger partial charge >= 0.3 is 0 Å². The summed E-state index contributed by atoms with van der Waals surface area (Å²) >= 11 is 3.54. The third-order valence-corrected chi connectivity index (χ3v) is 7.29. The van der Waals surface area contributed by atoms with E-state index in [0.29, 0.717) is 11.7 Å². The Bertz CT molecular complexity index is 1110. The molecular weight excluding hydrogens is 468 g/mol. The number of amides is 1. The summed E-state index contributed by atoms with van der Waals surface area (Å²) in [5.41, 5.74) is 2.95. The minimum absolute atomic E-state index is 0.0129. The lowest BCUT2D eigenvalue weighted by atomic mass is 9.94. The summed E-state index contributed by atoms with van der Waals surface area (Å²) in [5, 5.41) is 4.18. The molecule has 2 aromatic carbocycles. The first-order valence-electron chi connectivity index (χ1n) is 11.2. The van der Waals surface area contributed by atoms with Gasteiger partial charge in [0, 0.05) is 36.2 Å². The van der Waals surface area contributed by atoms with Crippen molar-refractivity contribution in [1.82, 2.24) is 19.9 Å². The van der Waals surface area contributed by atoms with Crippen LogP contribution in [0.4, 0.5) is 0 Å². The Balaban J connectivity index is 1.22. The Labute approximate surface area is 196 Å². The standard InChI is InChI=1S/C25H27BrN4O2/c1-17-6-8-19(9-7-17)22-27-23(32-28-22)18(2)29-12-14-30(15-13-29)24(31)25(10-11-25)20-4-3-5-21(26)16-20/h3-9,16,18H,10-15H2,1-2H3. The van der Waals surface area contributed by atoms with Gasteiger partial charge < -0.3 is 9.42 Å². The number of aromatic nitrogens is 2. The summed E-state index contributed by atoms with van der Waals surface area (Å²) in [6, 6.07) is 16.3. The smallest absolute Gasteiger partial charge is 0.244 e. The molecule has 0 spiro atoms. The fourth-order valence-corrected chi connectivity index (χ4v) is 4.93. The molecule has 1 aromatic heterocycles. The average molecular weight is 495 g/mol. The van der Waals surface area contributed by atoms with Crippen molar-refractivity contribution in [2.75, 3.05) is 26.2 Å². The van der Waals surface area contributed by atoms with Gasteiger partial charge in [-0.2, -0.15) is 4.98 Å². The van der Waals surface area contributed by atoms with Crippen molar-refractivity contribution in [3.63, 3.8) is 0 Å². The molecule has 5 rings (SSSR count). The highest BCUT2D eigenvalue weighted by Crippen LogP contribution is 2.50. The van der Waals surface area contributed by atoms with E-state index in [9.17, 15) is 4.79 Å². The second-order valence-electron chi connectivity index (χ2n) is 8.92. The summed E-state index contributed by atoms with van der Waals surface area (Å²) in [7, 11) is 0. The van der Waals surface area contributed by atoms with Gasteiger partial charge in [0.25, 0.3) is 0 Å². The van der Waals surface area contributed by atoms with Crippen LogP contribution in [0, 0.1) is 6.92 Å². The molecule has 1 aliphatic heterocycles. The zero-order valence-corrected chi connectivity index (χ0v) is 20.0. The van der Waals surface area contributed by atoms with Crippen molar-refractivity contribution in [1.29, 1.82) is 0 Å². The summed E-state index contributed by atoms with van der Waals surface area (Å²) < 4.78 is 6.61. The van der Waals surface area contributed by atoms with E-state index in [-0.39, 0.29) is 17.4 Å². The Kier molecular flexibility index (Phi) is 5.63. The Hall–Kier alpha value is -2.51. The molecule has 3 aromatic rings. The van der Waals surface area contributed by atoms with Gasteiger partial charge in [0.2, 0.25) is 17.6 Å². The highest BCUT2D eigenvalue weighted by Gasteiger charge is 2.53. The second kappa shape index (κ2) is 8.45. The quantitative estimate of drug-likeness (QED) is 0.512. The predicted molar refractivity (Wildman–Crippen MR) is 126 cm³/mol. The van der Waals surface area contributed by atoms with Crippen LogP contribution in [0.2, 0.25) is 0 Å². The highest BCUT2D eigenvalue weighted by atomic mass is 79.9. The number of carbonyl (C=O) groups is 1. The second-order valence-corrected chi connectivity index (χ2v) is 9.83. The van der Waals surface area contributed by atoms with Crippen LogP contribution in [0.1, 0.15) is 42.8 Å². The Morgan fingerprint density at radius 3 is 2.47 bits per heavy atom. The van der Waals surface area contributed by atoms with Crippen LogP contribution >= 0.6 is 15.9 Å². The van der Waals surface area contributed by atoms with E-state index in [1.807, 2.05) is 41.3 Å². The molecule has 32 heavy (non-hydrogen) atoms. The first-order valence-corrected chi connectivity index (χ1v) is 12.0. The lowest BCUT2D eigenvalue weighted by molar-refractivity contribution is -0.136. The molecule has 1 atom stereocenters. The number of aryl methyl sites for hydroxylation is 1. The zero-order chi connectivity index (χ0) is 22.3. The third kappa shape index (κ3) is 3.99. The normalized spacial score (nSPS) is 19.0. The molecule has 1 unspecified atom stereocenters. The highest BCUT2D eigenvalue weighted by molar-refractivity contribution is 9.10. The fourth-order valence-electron chi connectivity index (χ4n) is 4.53. The van der Waals surface area contributed by atoms with Gasteiger partial charge in [-0.25, -0.2) is 0 Å². The van der Waals surface area contributed by atoms with E-state index < -0.39 is 0 Å². The van der Waals surface area contributed by atoms with Gasteiger partial charge in [-0.3, -0.25) is 9.69 Å². The van der Waals surface area contributed by atoms with E-state index in [1.165, 1.54) is 5.56 Å². The van der Waals surface area contributed by atoms with Gasteiger partial charge in [-0.1, -0.05) is 63.0 Å². The minimum Gasteiger partial charge on any atom is -0.339 e. The maximum atomic E-state index is 13.4. The van der Waals surface area contributed by atoms with Crippen LogP contribution in [0.25, 0.3) is 11.4 Å². The van der Waals surface area contributed by atoms with E-state index in [4.69, 9.17) is 4.52 Å². The third-order valence-electron chi connectivity index (χ3n) is 6.79. The largest absolute Gasteiger partial charge is 0.339 e. The summed E-state index contributed by atoms with van der Waals surface area (Å²) in [6.07, 6.45) is 1.87. The molecule has 2 fully saturated rings. The molecule has 0 bridgehead atoms. The van der Waals surface area contributed by atoms with E-state index in [1.54, 1.807) is 0 Å². The number of carbonyl (C=O) groups excluding carboxylic acids is 1. The molecule has 1 saturated carbocycles. The van der Waals surface area contributed by atoms with Crippen LogP contribution in [0.15, 0.2) is 57.5 Å². The van der Waals surface area contributed by atoms with Crippen molar-refractivity contribution < 1.29 is 9.32 Å². The van der Waals surface area contributed by atoms with Crippen LogP contribution in [0.5, 0.6) is 0 Å². The number of rotatable bonds is 5. The molecule has 0 radical (unpaired) electrons. The van der Waals surface area contributed by atoms with Crippen molar-refractivity contribution in [2.24, 2.45) is 0 Å². The van der Waals surface area contributed by atoms with E-state index in [2.05, 4.69) is 57.0 Å². The van der Waals surface area contributed by atoms with Gasteiger partial charge in [0.05, 0.1) is 11.5 Å². The zero-order valence-electron chi connectivity index (χ0n) is 18.4. The van der Waals surface area contributed by atoms with Crippen LogP contribution in [-0.4, -0.2) is 52.0 Å². The Morgan fingerprint density at radius 1 is 1.09 bits per heavy atom. The molecular formula is C25H27BrN4O2. The molecule has 166 valence electrons. The Morgan fingerprint density at radius 2 is 1.81 bits per heavy atom. The molecule has 1 aliphatic carbocycles. The molecule has 2 aliphatic rings. The topological polar surface area (TPSA) is 62.5 Å². The van der Waals surface area contributed by atoms with Crippen molar-refractivity contribution in [3.05, 3.63) is 70.0 Å². The van der Waals surface area contributed by atoms with Crippen LogP contribution in [-0.2, 0) is 10.2 Å². The number of nitrogens with zero attached hydrogens (tertiary/aromatic N) is 4. The van der Waals surface area contributed by atoms with Crippen LogP contribution in [0.3, 0.4) is 0 Å². The van der Waals surface area contributed by atoms with Crippen LogP contribution < -0.4 is 0 Å². The number of benzene rings is 2. The summed E-state index contributed by atoms with van der Waals surface area (Å²) in [4.78, 5) is 22.4. The molecule has 6 nitrogen and oxygen atoms in total. The molecule has 7 heteroatoms. The fraction of sp³-hybridized carbons (Fsp3) is 0.400. The molecule has 2 heterocycles. The first-order chi connectivity index (χ1) is 15.5. The molecule has 1 amide bonds. The van der Waals surface area contributed by atoms with Crippen molar-refractivity contribution >= 4 is 21.8 Å². The van der Waals surface area contributed by atoms with E-state index >= 15 is 0 Å².